The fourth-order valence-electron chi connectivity index (χ4n) is 5.25. The van der Waals surface area contributed by atoms with E-state index in [1.165, 1.54) is 116 Å². The first-order valence-electron chi connectivity index (χ1n) is 19.4. The molecule has 47 heavy (non-hydrogen) atoms. The van der Waals surface area contributed by atoms with Gasteiger partial charge in [0.15, 0.2) is 0 Å². The smallest absolute Gasteiger partial charge is 0.457 e. The lowest BCUT2D eigenvalue weighted by Crippen LogP contribution is -2.37. The molecule has 0 bridgehead atoms. The molecule has 0 fully saturated rings. The molecule has 0 heterocycles. The molecular formula is C38H77NO7P+. The van der Waals surface area contributed by atoms with E-state index in [0.717, 1.165) is 32.1 Å². The lowest BCUT2D eigenvalue weighted by Gasteiger charge is -2.24. The number of carbonyl (C=O) groups excluding carboxylic acids is 1. The number of quaternary nitrogens is 1. The van der Waals surface area contributed by atoms with Crippen molar-refractivity contribution in [1.82, 2.24) is 0 Å². The summed E-state index contributed by atoms with van der Waals surface area (Å²) >= 11 is 0. The highest BCUT2D eigenvalue weighted by molar-refractivity contribution is 7.47. The van der Waals surface area contributed by atoms with E-state index in [9.17, 15) is 14.3 Å². The van der Waals surface area contributed by atoms with Crippen molar-refractivity contribution < 1.29 is 37.3 Å². The number of unbranched alkanes of at least 4 members (excludes halogenated alkanes) is 20. The Kier molecular flexibility index (Phi) is 31.9. The van der Waals surface area contributed by atoms with Crippen LogP contribution in [0, 0.1) is 0 Å². The molecule has 1 N–H and O–H groups in total. The zero-order chi connectivity index (χ0) is 34.9. The average Bonchev–Trinajstić information content (AvgIpc) is 3.01. The van der Waals surface area contributed by atoms with E-state index >= 15 is 0 Å². The summed E-state index contributed by atoms with van der Waals surface area (Å²) in [6.07, 6.45) is 32.3. The minimum atomic E-state index is -4.26. The molecule has 0 radical (unpaired) electrons. The Hall–Kier alpha value is -0.760. The van der Waals surface area contributed by atoms with Crippen LogP contribution in [0.2, 0.25) is 0 Å². The number of hydrogen-bond donors (Lipinski definition) is 1. The first-order chi connectivity index (χ1) is 22.6. The molecule has 280 valence electrons. The van der Waals surface area contributed by atoms with Crippen molar-refractivity contribution in [2.75, 3.05) is 54.1 Å². The second-order valence-electron chi connectivity index (χ2n) is 14.3. The van der Waals surface area contributed by atoms with Crippen LogP contribution in [0.15, 0.2) is 12.2 Å². The normalized spacial score (nSPS) is 14.1. The first kappa shape index (κ1) is 46.2. The highest BCUT2D eigenvalue weighted by atomic mass is 31.2. The van der Waals surface area contributed by atoms with Gasteiger partial charge in [0.25, 0.3) is 0 Å². The van der Waals surface area contributed by atoms with E-state index in [1.54, 1.807) is 0 Å². The molecule has 0 aliphatic rings. The SMILES string of the molecule is CCCCCCC/C=C\CCCCCCCCOCC(COP(=O)(O)OCC[N+](C)(C)C)OC(=O)CCCCCCCCCCCC. The number of phosphoric ester groups is 1. The van der Waals surface area contributed by atoms with Crippen molar-refractivity contribution in [3.8, 4) is 0 Å². The molecule has 0 amide bonds. The fraction of sp³-hybridized carbons (Fsp3) is 0.921. The standard InChI is InChI=1S/C38H76NO7P/c1-6-8-10-12-14-16-18-19-20-21-22-24-26-28-30-33-43-35-37(36-45-47(41,42)44-34-32-39(3,4)5)46-38(40)31-29-27-25-23-17-15-13-11-9-7-2/h18-19,37H,6-17,20-36H2,1-5H3/p+1/b19-18-. The number of rotatable bonds is 36. The van der Waals surface area contributed by atoms with Gasteiger partial charge in [0.05, 0.1) is 34.4 Å². The van der Waals surface area contributed by atoms with Crippen molar-refractivity contribution in [3.63, 3.8) is 0 Å². The highest BCUT2D eigenvalue weighted by Gasteiger charge is 2.26. The van der Waals surface area contributed by atoms with Crippen LogP contribution in [-0.4, -0.2) is 75.6 Å². The Balaban J connectivity index is 4.27. The third-order valence-electron chi connectivity index (χ3n) is 8.33. The van der Waals surface area contributed by atoms with E-state index in [2.05, 4.69) is 26.0 Å². The molecule has 0 aliphatic heterocycles. The summed E-state index contributed by atoms with van der Waals surface area (Å²) in [6, 6.07) is 0. The summed E-state index contributed by atoms with van der Waals surface area (Å²) in [5, 5.41) is 0. The average molecular weight is 691 g/mol. The summed E-state index contributed by atoms with van der Waals surface area (Å²) < 4.78 is 34.8. The first-order valence-corrected chi connectivity index (χ1v) is 20.9. The van der Waals surface area contributed by atoms with Crippen LogP contribution >= 0.6 is 7.82 Å². The number of nitrogens with zero attached hydrogens (tertiary/aromatic N) is 1. The predicted molar refractivity (Wildman–Crippen MR) is 197 cm³/mol. The van der Waals surface area contributed by atoms with Crippen molar-refractivity contribution in [3.05, 3.63) is 12.2 Å². The third kappa shape index (κ3) is 36.3. The van der Waals surface area contributed by atoms with E-state index in [4.69, 9.17) is 18.5 Å². The maximum absolute atomic E-state index is 12.6. The van der Waals surface area contributed by atoms with Gasteiger partial charge in [-0.2, -0.15) is 0 Å². The second-order valence-corrected chi connectivity index (χ2v) is 15.8. The van der Waals surface area contributed by atoms with Gasteiger partial charge in [-0.15, -0.1) is 0 Å². The van der Waals surface area contributed by atoms with E-state index in [1.807, 2.05) is 21.1 Å². The van der Waals surface area contributed by atoms with Gasteiger partial charge in [-0.1, -0.05) is 135 Å². The number of likely N-dealkylation sites (N-methyl/N-ethyl adjacent to an activating group) is 1. The Bertz CT molecular complexity index is 772. The highest BCUT2D eigenvalue weighted by Crippen LogP contribution is 2.43. The minimum absolute atomic E-state index is 0.0901. The number of allylic oxidation sites excluding steroid dienone is 2. The molecular weight excluding hydrogens is 613 g/mol. The lowest BCUT2D eigenvalue weighted by molar-refractivity contribution is -0.870. The van der Waals surface area contributed by atoms with E-state index < -0.39 is 13.9 Å². The summed E-state index contributed by atoms with van der Waals surface area (Å²) in [5.41, 5.74) is 0. The second kappa shape index (κ2) is 32.4. The van der Waals surface area contributed by atoms with Gasteiger partial charge in [0.1, 0.15) is 19.3 Å². The molecule has 0 aromatic rings. The zero-order valence-corrected chi connectivity index (χ0v) is 32.4. The Morgan fingerprint density at radius 3 is 1.62 bits per heavy atom. The van der Waals surface area contributed by atoms with Crippen LogP contribution in [-0.2, 0) is 27.9 Å². The molecule has 9 heteroatoms. The van der Waals surface area contributed by atoms with Crippen molar-refractivity contribution in [2.24, 2.45) is 0 Å². The monoisotopic (exact) mass is 691 g/mol. The Labute approximate surface area is 290 Å². The predicted octanol–water partition coefficient (Wildman–Crippen LogP) is 10.7. The largest absolute Gasteiger partial charge is 0.472 e. The molecule has 2 atom stereocenters. The van der Waals surface area contributed by atoms with Crippen LogP contribution in [0.25, 0.3) is 0 Å². The molecule has 8 nitrogen and oxygen atoms in total. The van der Waals surface area contributed by atoms with Crippen LogP contribution in [0.4, 0.5) is 0 Å². The molecule has 0 aliphatic carbocycles. The van der Waals surface area contributed by atoms with E-state index in [-0.39, 0.29) is 25.8 Å². The number of carbonyl (C=O) groups is 1. The van der Waals surface area contributed by atoms with Crippen molar-refractivity contribution >= 4 is 13.8 Å². The molecule has 0 aromatic carbocycles. The summed E-state index contributed by atoms with van der Waals surface area (Å²) in [6.45, 7) is 5.60. The molecule has 0 aromatic heterocycles. The number of hydrogen-bond acceptors (Lipinski definition) is 6. The fourth-order valence-corrected chi connectivity index (χ4v) is 5.99. The van der Waals surface area contributed by atoms with Gasteiger partial charge in [-0.05, 0) is 38.5 Å². The summed E-state index contributed by atoms with van der Waals surface area (Å²) in [7, 11) is 1.67. The molecule has 0 rings (SSSR count). The maximum Gasteiger partial charge on any atom is 0.472 e. The maximum atomic E-state index is 12.6. The van der Waals surface area contributed by atoms with Crippen LogP contribution < -0.4 is 0 Å². The Morgan fingerprint density at radius 2 is 1.11 bits per heavy atom. The van der Waals surface area contributed by atoms with Crippen LogP contribution in [0.3, 0.4) is 0 Å². The Morgan fingerprint density at radius 1 is 0.638 bits per heavy atom. The molecule has 2 unspecified atom stereocenters. The minimum Gasteiger partial charge on any atom is -0.457 e. The van der Waals surface area contributed by atoms with Gasteiger partial charge in [-0.3, -0.25) is 13.8 Å². The summed E-state index contributed by atoms with van der Waals surface area (Å²) in [4.78, 5) is 22.7. The van der Waals surface area contributed by atoms with Gasteiger partial charge in [-0.25, -0.2) is 4.57 Å². The zero-order valence-electron chi connectivity index (χ0n) is 31.5. The van der Waals surface area contributed by atoms with Crippen molar-refractivity contribution in [2.45, 2.75) is 174 Å². The van der Waals surface area contributed by atoms with Gasteiger partial charge >= 0.3 is 13.8 Å². The van der Waals surface area contributed by atoms with Gasteiger partial charge in [0, 0.05) is 13.0 Å². The summed E-state index contributed by atoms with van der Waals surface area (Å²) in [5.74, 6) is -0.317. The number of ether oxygens (including phenoxy) is 2. The van der Waals surface area contributed by atoms with Gasteiger partial charge < -0.3 is 18.9 Å². The molecule has 0 saturated heterocycles. The van der Waals surface area contributed by atoms with Crippen molar-refractivity contribution in [1.29, 1.82) is 0 Å². The van der Waals surface area contributed by atoms with E-state index in [0.29, 0.717) is 24.1 Å². The quantitative estimate of drug-likeness (QED) is 0.0230. The molecule has 0 spiro atoms. The van der Waals surface area contributed by atoms with Gasteiger partial charge in [0.2, 0.25) is 0 Å². The number of esters is 1. The molecule has 0 saturated carbocycles. The third-order valence-corrected chi connectivity index (χ3v) is 9.31. The van der Waals surface area contributed by atoms with Crippen LogP contribution in [0.1, 0.15) is 168 Å². The lowest BCUT2D eigenvalue weighted by atomic mass is 10.1. The number of phosphoric acid groups is 1. The van der Waals surface area contributed by atoms with Crippen LogP contribution in [0.5, 0.6) is 0 Å². The topological polar surface area (TPSA) is 91.3 Å².